The largest absolute Gasteiger partial charge is 0.477 e. The molecule has 4 heteroatoms. The number of nitrogens with zero attached hydrogens (tertiary/aromatic N) is 1. The van der Waals surface area contributed by atoms with E-state index in [1.165, 1.54) is 62.5 Å². The van der Waals surface area contributed by atoms with E-state index in [-0.39, 0.29) is 0 Å². The molecule has 0 bridgehead atoms. The van der Waals surface area contributed by atoms with Gasteiger partial charge < -0.3 is 5.11 Å². The predicted octanol–water partition coefficient (Wildman–Crippen LogP) is 5.48. The highest BCUT2D eigenvalue weighted by atomic mass is 32.1. The summed E-state index contributed by atoms with van der Waals surface area (Å²) in [7, 11) is 0. The van der Waals surface area contributed by atoms with E-state index in [0.717, 1.165) is 17.8 Å². The van der Waals surface area contributed by atoms with Crippen LogP contribution in [0.4, 0.5) is 0 Å². The monoisotopic (exact) mass is 297 g/mol. The van der Waals surface area contributed by atoms with Gasteiger partial charge in [0, 0.05) is 5.92 Å². The summed E-state index contributed by atoms with van der Waals surface area (Å²) >= 11 is 1.36. The summed E-state index contributed by atoms with van der Waals surface area (Å²) in [5, 5.41) is 10.0. The Morgan fingerprint density at radius 3 is 2.30 bits per heavy atom. The Morgan fingerprint density at radius 1 is 1.15 bits per heavy atom. The van der Waals surface area contributed by atoms with Crippen LogP contribution in [0.15, 0.2) is 6.20 Å². The fourth-order valence-corrected chi connectivity index (χ4v) is 3.35. The molecule has 20 heavy (non-hydrogen) atoms. The van der Waals surface area contributed by atoms with Gasteiger partial charge in [-0.15, -0.1) is 11.3 Å². The summed E-state index contributed by atoms with van der Waals surface area (Å²) < 4.78 is 0. The second-order valence-corrected chi connectivity index (χ2v) is 6.47. The quantitative estimate of drug-likeness (QED) is 0.550. The topological polar surface area (TPSA) is 50.2 Å². The van der Waals surface area contributed by atoms with E-state index in [0.29, 0.717) is 10.8 Å². The maximum Gasteiger partial charge on any atom is 0.347 e. The molecule has 0 aliphatic heterocycles. The van der Waals surface area contributed by atoms with Crippen LogP contribution >= 0.6 is 11.3 Å². The zero-order valence-electron chi connectivity index (χ0n) is 12.7. The fourth-order valence-electron chi connectivity index (χ4n) is 2.42. The normalized spacial score (nSPS) is 12.5. The summed E-state index contributed by atoms with van der Waals surface area (Å²) in [6.45, 7) is 4.43. The molecule has 1 heterocycles. The van der Waals surface area contributed by atoms with Gasteiger partial charge in [0.05, 0.1) is 11.2 Å². The van der Waals surface area contributed by atoms with Gasteiger partial charge in [0.2, 0.25) is 0 Å². The van der Waals surface area contributed by atoms with E-state index >= 15 is 0 Å². The predicted molar refractivity (Wildman–Crippen MR) is 84.7 cm³/mol. The molecule has 0 saturated heterocycles. The van der Waals surface area contributed by atoms with Gasteiger partial charge in [-0.25, -0.2) is 9.78 Å². The second kappa shape index (κ2) is 9.92. The average Bonchev–Trinajstić information content (AvgIpc) is 2.91. The minimum Gasteiger partial charge on any atom is -0.477 e. The Morgan fingerprint density at radius 2 is 1.75 bits per heavy atom. The van der Waals surface area contributed by atoms with Crippen LogP contribution in [-0.2, 0) is 0 Å². The number of aromatic carboxylic acids is 1. The highest BCUT2D eigenvalue weighted by Crippen LogP contribution is 2.31. The molecule has 3 nitrogen and oxygen atoms in total. The number of carboxylic acids is 1. The van der Waals surface area contributed by atoms with Gasteiger partial charge in [0.1, 0.15) is 4.88 Å². The first kappa shape index (κ1) is 17.2. The molecule has 1 aromatic rings. The molecule has 1 atom stereocenters. The van der Waals surface area contributed by atoms with Gasteiger partial charge in [-0.2, -0.15) is 0 Å². The van der Waals surface area contributed by atoms with Crippen LogP contribution < -0.4 is 0 Å². The Labute approximate surface area is 126 Å². The summed E-state index contributed by atoms with van der Waals surface area (Å²) in [5.74, 6) is -0.399. The van der Waals surface area contributed by atoms with Crippen molar-refractivity contribution >= 4 is 17.3 Å². The molecule has 0 aromatic carbocycles. The third-order valence-corrected chi connectivity index (χ3v) is 4.79. The van der Waals surface area contributed by atoms with Gasteiger partial charge in [-0.05, 0) is 12.8 Å². The average molecular weight is 297 g/mol. The molecule has 0 aliphatic rings. The molecule has 114 valence electrons. The Bertz CT molecular complexity index is 390. The Balaban J connectivity index is 2.56. The third-order valence-electron chi connectivity index (χ3n) is 3.65. The number of rotatable bonds is 11. The number of unbranched alkanes of at least 4 members (excludes halogenated alkanes) is 5. The molecule has 1 rings (SSSR count). The molecule has 0 aliphatic carbocycles. The van der Waals surface area contributed by atoms with Crippen molar-refractivity contribution in [1.82, 2.24) is 4.98 Å². The van der Waals surface area contributed by atoms with Crippen LogP contribution in [0.25, 0.3) is 0 Å². The number of thiazole rings is 1. The van der Waals surface area contributed by atoms with Crippen LogP contribution in [-0.4, -0.2) is 16.1 Å². The molecule has 0 fully saturated rings. The van der Waals surface area contributed by atoms with Crippen molar-refractivity contribution in [3.05, 3.63) is 16.1 Å². The van der Waals surface area contributed by atoms with Crippen molar-refractivity contribution in [2.75, 3.05) is 0 Å². The minimum absolute atomic E-state index is 0.369. The van der Waals surface area contributed by atoms with Crippen LogP contribution in [0.2, 0.25) is 0 Å². The fraction of sp³-hybridized carbons (Fsp3) is 0.750. The highest BCUT2D eigenvalue weighted by Gasteiger charge is 2.17. The zero-order chi connectivity index (χ0) is 14.8. The van der Waals surface area contributed by atoms with Crippen molar-refractivity contribution in [3.63, 3.8) is 0 Å². The SMILES string of the molecule is CCCCCCC(CCCCC)c1ncc(C(=O)O)s1. The van der Waals surface area contributed by atoms with Crippen LogP contribution in [0, 0.1) is 0 Å². The van der Waals surface area contributed by atoms with E-state index in [1.54, 1.807) is 0 Å². The van der Waals surface area contributed by atoms with Crippen molar-refractivity contribution < 1.29 is 9.90 Å². The summed E-state index contributed by atoms with van der Waals surface area (Å²) in [6.07, 6.45) is 12.6. The molecule has 1 unspecified atom stereocenters. The third kappa shape index (κ3) is 6.04. The van der Waals surface area contributed by atoms with E-state index in [1.807, 2.05) is 0 Å². The number of hydrogen-bond donors (Lipinski definition) is 1. The Kier molecular flexibility index (Phi) is 8.51. The first-order valence-corrected chi connectivity index (χ1v) is 8.69. The molecular weight excluding hydrogens is 270 g/mol. The molecular formula is C16H27NO2S. The highest BCUT2D eigenvalue weighted by molar-refractivity contribution is 7.13. The molecule has 1 N–H and O–H groups in total. The number of carboxylic acid groups (broad SMARTS) is 1. The van der Waals surface area contributed by atoms with Gasteiger partial charge >= 0.3 is 5.97 Å². The lowest BCUT2D eigenvalue weighted by Gasteiger charge is -2.14. The lowest BCUT2D eigenvalue weighted by Crippen LogP contribution is -1.99. The van der Waals surface area contributed by atoms with E-state index < -0.39 is 5.97 Å². The van der Waals surface area contributed by atoms with Crippen molar-refractivity contribution in [1.29, 1.82) is 0 Å². The van der Waals surface area contributed by atoms with Gasteiger partial charge in [-0.3, -0.25) is 0 Å². The maximum absolute atomic E-state index is 11.0. The lowest BCUT2D eigenvalue weighted by atomic mass is 9.95. The Hall–Kier alpha value is -0.900. The molecule has 0 saturated carbocycles. The lowest BCUT2D eigenvalue weighted by molar-refractivity contribution is 0.0702. The molecule has 0 radical (unpaired) electrons. The molecule has 0 spiro atoms. The number of aromatic nitrogens is 1. The van der Waals surface area contributed by atoms with Crippen molar-refractivity contribution in [2.24, 2.45) is 0 Å². The van der Waals surface area contributed by atoms with Crippen LogP contribution in [0.3, 0.4) is 0 Å². The first-order valence-electron chi connectivity index (χ1n) is 7.88. The summed E-state index contributed by atoms with van der Waals surface area (Å²) in [6, 6.07) is 0. The number of hydrogen-bond acceptors (Lipinski definition) is 3. The summed E-state index contributed by atoms with van der Waals surface area (Å²) in [4.78, 5) is 15.7. The van der Waals surface area contributed by atoms with Gasteiger partial charge in [0.25, 0.3) is 0 Å². The van der Waals surface area contributed by atoms with E-state index in [9.17, 15) is 4.79 Å². The smallest absolute Gasteiger partial charge is 0.347 e. The first-order chi connectivity index (χ1) is 9.69. The second-order valence-electron chi connectivity index (χ2n) is 5.41. The van der Waals surface area contributed by atoms with Crippen molar-refractivity contribution in [2.45, 2.75) is 77.6 Å². The van der Waals surface area contributed by atoms with E-state index in [2.05, 4.69) is 18.8 Å². The maximum atomic E-state index is 11.0. The van der Waals surface area contributed by atoms with Crippen molar-refractivity contribution in [3.8, 4) is 0 Å². The van der Waals surface area contributed by atoms with E-state index in [4.69, 9.17) is 5.11 Å². The number of carbonyl (C=O) groups is 1. The van der Waals surface area contributed by atoms with Crippen LogP contribution in [0.5, 0.6) is 0 Å². The van der Waals surface area contributed by atoms with Gasteiger partial charge in [-0.1, -0.05) is 58.8 Å². The van der Waals surface area contributed by atoms with Crippen LogP contribution in [0.1, 0.15) is 92.2 Å². The van der Waals surface area contributed by atoms with Gasteiger partial charge in [0.15, 0.2) is 0 Å². The minimum atomic E-state index is -0.855. The zero-order valence-corrected chi connectivity index (χ0v) is 13.5. The molecule has 0 amide bonds. The molecule has 1 aromatic heterocycles. The standard InChI is InChI=1S/C16H27NO2S/c1-3-5-7-9-11-13(10-8-6-4-2)15-17-12-14(20-15)16(18)19/h12-13H,3-11H2,1-2H3,(H,18,19). The summed E-state index contributed by atoms with van der Waals surface area (Å²) in [5.41, 5.74) is 0.